The molecule has 18 heavy (non-hydrogen) atoms. The van der Waals surface area contributed by atoms with Crippen LogP contribution in [-0.2, 0) is 6.18 Å². The van der Waals surface area contributed by atoms with Crippen molar-refractivity contribution in [1.82, 2.24) is 9.78 Å². The van der Waals surface area contributed by atoms with Crippen molar-refractivity contribution in [1.29, 1.82) is 0 Å². The third-order valence-electron chi connectivity index (χ3n) is 2.43. The van der Waals surface area contributed by atoms with Crippen molar-refractivity contribution >= 4 is 6.29 Å². The molecular weight excluding hydrogens is 245 g/mol. The number of carbonyl (C=O) groups is 1. The van der Waals surface area contributed by atoms with E-state index < -0.39 is 11.9 Å². The normalized spacial score (nSPS) is 11.6. The summed E-state index contributed by atoms with van der Waals surface area (Å²) in [5, 5.41) is 3.41. The zero-order valence-electron chi connectivity index (χ0n) is 9.40. The average Bonchev–Trinajstić information content (AvgIpc) is 2.73. The van der Waals surface area contributed by atoms with E-state index in [1.165, 1.54) is 0 Å². The van der Waals surface area contributed by atoms with Crippen molar-refractivity contribution < 1.29 is 18.0 Å². The summed E-state index contributed by atoms with van der Waals surface area (Å²) in [6.07, 6.45) is -4.21. The summed E-state index contributed by atoms with van der Waals surface area (Å²) in [6.45, 7) is 1.86. The lowest BCUT2D eigenvalue weighted by atomic mass is 10.2. The van der Waals surface area contributed by atoms with Gasteiger partial charge in [0.1, 0.15) is 5.69 Å². The molecule has 0 spiro atoms. The standard InChI is InChI=1S/C12H9F3N2O/c1-8-2-4-9(5-3-8)17-10(7-18)6-11(16-17)12(13,14)15/h2-7H,1H3. The van der Waals surface area contributed by atoms with E-state index in [1.54, 1.807) is 24.3 Å². The first-order valence-corrected chi connectivity index (χ1v) is 5.11. The van der Waals surface area contributed by atoms with Crippen LogP contribution in [0.25, 0.3) is 5.69 Å². The Kier molecular flexibility index (Phi) is 2.94. The van der Waals surface area contributed by atoms with Gasteiger partial charge >= 0.3 is 6.18 Å². The van der Waals surface area contributed by atoms with Gasteiger partial charge in [0.05, 0.1) is 5.69 Å². The van der Waals surface area contributed by atoms with Crippen LogP contribution >= 0.6 is 0 Å². The predicted molar refractivity (Wildman–Crippen MR) is 58.7 cm³/mol. The fraction of sp³-hybridized carbons (Fsp3) is 0.167. The van der Waals surface area contributed by atoms with E-state index in [2.05, 4.69) is 5.10 Å². The highest BCUT2D eigenvalue weighted by Crippen LogP contribution is 2.29. The number of hydrogen-bond donors (Lipinski definition) is 0. The van der Waals surface area contributed by atoms with Gasteiger partial charge in [-0.2, -0.15) is 18.3 Å². The zero-order chi connectivity index (χ0) is 13.3. The van der Waals surface area contributed by atoms with Crippen molar-refractivity contribution in [2.75, 3.05) is 0 Å². The molecule has 0 N–H and O–H groups in total. The first-order valence-electron chi connectivity index (χ1n) is 5.11. The quantitative estimate of drug-likeness (QED) is 0.772. The van der Waals surface area contributed by atoms with Crippen molar-refractivity contribution in [3.63, 3.8) is 0 Å². The Balaban J connectivity index is 2.53. The molecule has 0 radical (unpaired) electrons. The molecule has 0 bridgehead atoms. The highest BCUT2D eigenvalue weighted by Gasteiger charge is 2.35. The van der Waals surface area contributed by atoms with Gasteiger partial charge in [0, 0.05) is 0 Å². The average molecular weight is 254 g/mol. The maximum absolute atomic E-state index is 12.5. The van der Waals surface area contributed by atoms with Crippen LogP contribution in [0.5, 0.6) is 0 Å². The second-order valence-electron chi connectivity index (χ2n) is 3.82. The largest absolute Gasteiger partial charge is 0.435 e. The van der Waals surface area contributed by atoms with Crippen LogP contribution in [0.1, 0.15) is 21.7 Å². The Bertz CT molecular complexity index is 570. The van der Waals surface area contributed by atoms with Gasteiger partial charge in [-0.05, 0) is 25.1 Å². The molecule has 3 nitrogen and oxygen atoms in total. The van der Waals surface area contributed by atoms with Gasteiger partial charge in [-0.3, -0.25) is 4.79 Å². The molecule has 94 valence electrons. The molecule has 1 aromatic heterocycles. The van der Waals surface area contributed by atoms with Crippen molar-refractivity contribution in [3.05, 3.63) is 47.3 Å². The van der Waals surface area contributed by atoms with E-state index >= 15 is 0 Å². The topological polar surface area (TPSA) is 34.9 Å². The minimum absolute atomic E-state index is 0.133. The first-order chi connectivity index (χ1) is 8.41. The van der Waals surface area contributed by atoms with E-state index in [0.29, 0.717) is 12.0 Å². The Labute approximate surface area is 101 Å². The number of rotatable bonds is 2. The minimum atomic E-state index is -4.56. The SMILES string of the molecule is Cc1ccc(-n2nc(C(F)(F)F)cc2C=O)cc1. The summed E-state index contributed by atoms with van der Waals surface area (Å²) in [5.41, 5.74) is 0.171. The number of carbonyl (C=O) groups excluding carboxylic acids is 1. The van der Waals surface area contributed by atoms with E-state index in [0.717, 1.165) is 16.3 Å². The van der Waals surface area contributed by atoms with Gasteiger partial charge in [0.25, 0.3) is 0 Å². The van der Waals surface area contributed by atoms with Gasteiger partial charge in [-0.25, -0.2) is 4.68 Å². The van der Waals surface area contributed by atoms with E-state index in [1.807, 2.05) is 6.92 Å². The Hall–Kier alpha value is -2.11. The molecule has 0 aliphatic rings. The number of hydrogen-bond acceptors (Lipinski definition) is 2. The monoisotopic (exact) mass is 254 g/mol. The van der Waals surface area contributed by atoms with E-state index in [-0.39, 0.29) is 5.69 Å². The van der Waals surface area contributed by atoms with Crippen LogP contribution in [0.4, 0.5) is 13.2 Å². The Morgan fingerprint density at radius 2 is 1.83 bits per heavy atom. The number of aldehydes is 1. The maximum atomic E-state index is 12.5. The summed E-state index contributed by atoms with van der Waals surface area (Å²) < 4.78 is 38.5. The molecular formula is C12H9F3N2O. The molecule has 2 aromatic rings. The fourth-order valence-electron chi connectivity index (χ4n) is 1.51. The molecule has 6 heteroatoms. The molecule has 1 aromatic carbocycles. The van der Waals surface area contributed by atoms with Crippen LogP contribution < -0.4 is 0 Å². The molecule has 0 unspecified atom stereocenters. The lowest BCUT2D eigenvalue weighted by Gasteiger charge is -2.04. The molecule has 1 heterocycles. The predicted octanol–water partition coefficient (Wildman–Crippen LogP) is 3.01. The van der Waals surface area contributed by atoms with Crippen molar-refractivity contribution in [2.24, 2.45) is 0 Å². The summed E-state index contributed by atoms with van der Waals surface area (Å²) in [4.78, 5) is 10.8. The first kappa shape index (κ1) is 12.3. The lowest BCUT2D eigenvalue weighted by molar-refractivity contribution is -0.141. The second kappa shape index (κ2) is 4.29. The van der Waals surface area contributed by atoms with Gasteiger partial charge in [0.2, 0.25) is 0 Å². The smallest absolute Gasteiger partial charge is 0.296 e. The zero-order valence-corrected chi connectivity index (χ0v) is 9.40. The molecule has 0 fully saturated rings. The molecule has 0 aliphatic heterocycles. The summed E-state index contributed by atoms with van der Waals surface area (Å²) in [7, 11) is 0. The third kappa shape index (κ3) is 2.27. The number of aryl methyl sites for hydroxylation is 1. The lowest BCUT2D eigenvalue weighted by Crippen LogP contribution is -2.07. The van der Waals surface area contributed by atoms with Crippen LogP contribution in [0.3, 0.4) is 0 Å². The van der Waals surface area contributed by atoms with Crippen molar-refractivity contribution in [3.8, 4) is 5.69 Å². The molecule has 0 aliphatic carbocycles. The third-order valence-corrected chi connectivity index (χ3v) is 2.43. The van der Waals surface area contributed by atoms with Gasteiger partial charge in [0.15, 0.2) is 12.0 Å². The molecule has 0 amide bonds. The summed E-state index contributed by atoms with van der Waals surface area (Å²) in [6, 6.07) is 7.41. The van der Waals surface area contributed by atoms with Gasteiger partial charge in [-0.1, -0.05) is 17.7 Å². The summed E-state index contributed by atoms with van der Waals surface area (Å²) in [5.74, 6) is 0. The van der Waals surface area contributed by atoms with Crippen LogP contribution in [0.15, 0.2) is 30.3 Å². The highest BCUT2D eigenvalue weighted by molar-refractivity contribution is 5.73. The summed E-state index contributed by atoms with van der Waals surface area (Å²) >= 11 is 0. The molecule has 0 saturated heterocycles. The highest BCUT2D eigenvalue weighted by atomic mass is 19.4. The number of alkyl halides is 3. The van der Waals surface area contributed by atoms with E-state index in [9.17, 15) is 18.0 Å². The molecule has 2 rings (SSSR count). The number of aromatic nitrogens is 2. The Morgan fingerprint density at radius 1 is 1.22 bits per heavy atom. The van der Waals surface area contributed by atoms with Crippen molar-refractivity contribution in [2.45, 2.75) is 13.1 Å². The maximum Gasteiger partial charge on any atom is 0.435 e. The van der Waals surface area contributed by atoms with E-state index in [4.69, 9.17) is 0 Å². The minimum Gasteiger partial charge on any atom is -0.296 e. The molecule has 0 atom stereocenters. The van der Waals surface area contributed by atoms with Crippen LogP contribution in [-0.4, -0.2) is 16.1 Å². The van der Waals surface area contributed by atoms with Gasteiger partial charge < -0.3 is 0 Å². The van der Waals surface area contributed by atoms with Crippen LogP contribution in [0, 0.1) is 6.92 Å². The van der Waals surface area contributed by atoms with Crippen LogP contribution in [0.2, 0.25) is 0 Å². The molecule has 0 saturated carbocycles. The number of nitrogens with zero attached hydrogens (tertiary/aromatic N) is 2. The Morgan fingerprint density at radius 3 is 2.33 bits per heavy atom. The second-order valence-corrected chi connectivity index (χ2v) is 3.82. The fourth-order valence-corrected chi connectivity index (χ4v) is 1.51. The number of halogens is 3. The van der Waals surface area contributed by atoms with Gasteiger partial charge in [-0.15, -0.1) is 0 Å². The number of benzene rings is 1.